The van der Waals surface area contributed by atoms with Gasteiger partial charge in [-0.25, -0.2) is 4.98 Å². The number of piperidine rings is 1. The Morgan fingerprint density at radius 3 is 2.38 bits per heavy atom. The van der Waals surface area contributed by atoms with Gasteiger partial charge in [-0.2, -0.15) is 0 Å². The number of carbonyl (C=O) groups is 1. The Hall–Kier alpha value is -1.75. The van der Waals surface area contributed by atoms with Crippen LogP contribution in [0.1, 0.15) is 55.3 Å². The fourth-order valence-corrected chi connectivity index (χ4v) is 5.10. The molecule has 1 saturated carbocycles. The Morgan fingerprint density at radius 1 is 1.04 bits per heavy atom. The minimum atomic E-state index is 0.179. The van der Waals surface area contributed by atoms with Crippen LogP contribution in [0.25, 0.3) is 5.69 Å². The molecule has 1 aliphatic carbocycles. The Labute approximate surface area is 160 Å². The fourth-order valence-electron chi connectivity index (χ4n) is 4.57. The first-order chi connectivity index (χ1) is 12.7. The SMILES string of the molecule is CSc1nccn1-c1ccc(C(=O)N2CCC3(CCCCC3)CC2)cc1. The summed E-state index contributed by atoms with van der Waals surface area (Å²) in [5.41, 5.74) is 2.37. The molecule has 5 heteroatoms. The van der Waals surface area contributed by atoms with Gasteiger partial charge < -0.3 is 4.90 Å². The smallest absolute Gasteiger partial charge is 0.253 e. The average molecular weight is 370 g/mol. The number of amides is 1. The highest BCUT2D eigenvalue weighted by molar-refractivity contribution is 7.98. The molecule has 1 aliphatic heterocycles. The number of thioether (sulfide) groups is 1. The molecule has 1 aromatic heterocycles. The first kappa shape index (κ1) is 17.7. The van der Waals surface area contributed by atoms with Crippen molar-refractivity contribution in [2.45, 2.75) is 50.1 Å². The van der Waals surface area contributed by atoms with E-state index in [1.807, 2.05) is 41.3 Å². The van der Waals surface area contributed by atoms with Gasteiger partial charge in [0.2, 0.25) is 0 Å². The zero-order valence-corrected chi connectivity index (χ0v) is 16.3. The molecule has 0 bridgehead atoms. The van der Waals surface area contributed by atoms with E-state index < -0.39 is 0 Å². The van der Waals surface area contributed by atoms with Crippen molar-refractivity contribution >= 4 is 17.7 Å². The molecule has 1 aromatic carbocycles. The van der Waals surface area contributed by atoms with Crippen molar-refractivity contribution in [2.75, 3.05) is 19.3 Å². The second kappa shape index (κ2) is 7.47. The van der Waals surface area contributed by atoms with E-state index >= 15 is 0 Å². The summed E-state index contributed by atoms with van der Waals surface area (Å²) >= 11 is 1.62. The van der Waals surface area contributed by atoms with Crippen LogP contribution in [-0.2, 0) is 0 Å². The summed E-state index contributed by atoms with van der Waals surface area (Å²) in [6, 6.07) is 7.93. The third-order valence-corrected chi connectivity index (χ3v) is 6.87. The van der Waals surface area contributed by atoms with Gasteiger partial charge in [-0.05, 0) is 61.6 Å². The summed E-state index contributed by atoms with van der Waals surface area (Å²) in [5, 5.41) is 0.956. The van der Waals surface area contributed by atoms with Gasteiger partial charge in [-0.3, -0.25) is 9.36 Å². The van der Waals surface area contributed by atoms with Gasteiger partial charge in [0.05, 0.1) is 0 Å². The van der Waals surface area contributed by atoms with E-state index in [0.717, 1.165) is 29.5 Å². The highest BCUT2D eigenvalue weighted by atomic mass is 32.2. The molecule has 4 nitrogen and oxygen atoms in total. The van der Waals surface area contributed by atoms with Gasteiger partial charge in [-0.15, -0.1) is 0 Å². The van der Waals surface area contributed by atoms with Gasteiger partial charge in [-0.1, -0.05) is 31.0 Å². The second-order valence-corrected chi connectivity index (χ2v) is 8.46. The summed E-state index contributed by atoms with van der Waals surface area (Å²) in [6.07, 6.45) is 15.0. The molecule has 138 valence electrons. The molecule has 0 unspecified atom stereocenters. The number of hydrogen-bond donors (Lipinski definition) is 0. The predicted molar refractivity (Wildman–Crippen MR) is 106 cm³/mol. The summed E-state index contributed by atoms with van der Waals surface area (Å²) < 4.78 is 2.05. The molecule has 0 N–H and O–H groups in total. The first-order valence-corrected chi connectivity index (χ1v) is 10.9. The van der Waals surface area contributed by atoms with Crippen LogP contribution in [0.2, 0.25) is 0 Å². The quantitative estimate of drug-likeness (QED) is 0.731. The summed E-state index contributed by atoms with van der Waals surface area (Å²) in [4.78, 5) is 19.3. The van der Waals surface area contributed by atoms with Gasteiger partial charge in [0.1, 0.15) is 0 Å². The lowest BCUT2D eigenvalue weighted by atomic mass is 9.68. The maximum absolute atomic E-state index is 12.9. The van der Waals surface area contributed by atoms with Crippen LogP contribution in [0.4, 0.5) is 0 Å². The predicted octanol–water partition coefficient (Wildman–Crippen LogP) is 4.78. The van der Waals surface area contributed by atoms with Crippen molar-refractivity contribution < 1.29 is 4.79 Å². The lowest BCUT2D eigenvalue weighted by molar-refractivity contribution is 0.0472. The molecule has 2 aliphatic rings. The Kier molecular flexibility index (Phi) is 5.07. The van der Waals surface area contributed by atoms with Gasteiger partial charge >= 0.3 is 0 Å². The van der Waals surface area contributed by atoms with Crippen molar-refractivity contribution in [3.05, 3.63) is 42.2 Å². The van der Waals surface area contributed by atoms with Crippen LogP contribution in [0.5, 0.6) is 0 Å². The van der Waals surface area contributed by atoms with Crippen molar-refractivity contribution in [3.8, 4) is 5.69 Å². The topological polar surface area (TPSA) is 38.1 Å². The van der Waals surface area contributed by atoms with E-state index in [0.29, 0.717) is 5.41 Å². The third kappa shape index (κ3) is 3.41. The molecule has 1 spiro atoms. The van der Waals surface area contributed by atoms with Crippen molar-refractivity contribution in [1.82, 2.24) is 14.5 Å². The second-order valence-electron chi connectivity index (χ2n) is 7.68. The monoisotopic (exact) mass is 369 g/mol. The lowest BCUT2D eigenvalue weighted by Gasteiger charge is -2.44. The maximum Gasteiger partial charge on any atom is 0.253 e. The highest BCUT2D eigenvalue weighted by Gasteiger charge is 2.36. The van der Waals surface area contributed by atoms with Crippen molar-refractivity contribution in [3.63, 3.8) is 0 Å². The van der Waals surface area contributed by atoms with Gasteiger partial charge in [0.15, 0.2) is 5.16 Å². The Morgan fingerprint density at radius 2 is 1.73 bits per heavy atom. The molecule has 26 heavy (non-hydrogen) atoms. The van der Waals surface area contributed by atoms with E-state index in [2.05, 4.69) is 9.88 Å². The van der Waals surface area contributed by atoms with E-state index in [1.165, 1.54) is 44.9 Å². The zero-order chi connectivity index (χ0) is 18.0. The first-order valence-electron chi connectivity index (χ1n) is 9.68. The van der Waals surface area contributed by atoms with Crippen LogP contribution >= 0.6 is 11.8 Å². The molecule has 2 aromatic rings. The number of benzene rings is 1. The van der Waals surface area contributed by atoms with Crippen molar-refractivity contribution in [1.29, 1.82) is 0 Å². The van der Waals surface area contributed by atoms with Crippen LogP contribution in [0.3, 0.4) is 0 Å². The van der Waals surface area contributed by atoms with Crippen LogP contribution < -0.4 is 0 Å². The number of imidazole rings is 1. The molecule has 4 rings (SSSR count). The number of rotatable bonds is 3. The molecule has 1 amide bonds. The number of aromatic nitrogens is 2. The summed E-state index contributed by atoms with van der Waals surface area (Å²) in [5.74, 6) is 0.179. The highest BCUT2D eigenvalue weighted by Crippen LogP contribution is 2.44. The van der Waals surface area contributed by atoms with Gasteiger partial charge in [0.25, 0.3) is 5.91 Å². The minimum absolute atomic E-state index is 0.179. The van der Waals surface area contributed by atoms with E-state index in [4.69, 9.17) is 0 Å². The molecular weight excluding hydrogens is 342 g/mol. The molecule has 0 radical (unpaired) electrons. The normalized spacial score (nSPS) is 19.7. The number of nitrogens with zero attached hydrogens (tertiary/aromatic N) is 3. The van der Waals surface area contributed by atoms with Crippen LogP contribution in [-0.4, -0.2) is 39.7 Å². The van der Waals surface area contributed by atoms with Crippen LogP contribution in [0, 0.1) is 5.41 Å². The molecule has 0 atom stereocenters. The lowest BCUT2D eigenvalue weighted by Crippen LogP contribution is -2.43. The minimum Gasteiger partial charge on any atom is -0.339 e. The summed E-state index contributed by atoms with van der Waals surface area (Å²) in [6.45, 7) is 1.83. The molecule has 2 heterocycles. The number of hydrogen-bond acceptors (Lipinski definition) is 3. The third-order valence-electron chi connectivity index (χ3n) is 6.21. The summed E-state index contributed by atoms with van der Waals surface area (Å²) in [7, 11) is 0. The van der Waals surface area contributed by atoms with E-state index in [9.17, 15) is 4.79 Å². The number of likely N-dealkylation sites (tertiary alicyclic amines) is 1. The Balaban J connectivity index is 1.42. The molecule has 2 fully saturated rings. The molecule has 1 saturated heterocycles. The number of carbonyl (C=O) groups excluding carboxylic acids is 1. The van der Waals surface area contributed by atoms with E-state index in [1.54, 1.807) is 18.0 Å². The largest absolute Gasteiger partial charge is 0.339 e. The average Bonchev–Trinajstić information content (AvgIpc) is 3.18. The van der Waals surface area contributed by atoms with Gasteiger partial charge in [0, 0.05) is 36.7 Å². The zero-order valence-electron chi connectivity index (χ0n) is 15.5. The fraction of sp³-hybridized carbons (Fsp3) is 0.524. The standard InChI is InChI=1S/C21H27N3OS/c1-26-20-22-13-16-24(20)18-7-5-17(6-8-18)19(25)23-14-11-21(12-15-23)9-3-2-4-10-21/h5-8,13,16H,2-4,9-12,14-15H2,1H3. The molecular formula is C21H27N3OS. The Bertz CT molecular complexity index is 752. The van der Waals surface area contributed by atoms with E-state index in [-0.39, 0.29) is 5.91 Å². The maximum atomic E-state index is 12.9. The van der Waals surface area contributed by atoms with Crippen LogP contribution in [0.15, 0.2) is 41.8 Å². The van der Waals surface area contributed by atoms with Crippen molar-refractivity contribution in [2.24, 2.45) is 5.41 Å².